The van der Waals surface area contributed by atoms with Crippen LogP contribution in [0.4, 0.5) is 19.0 Å². The number of aromatic nitrogens is 3. The monoisotopic (exact) mass is 320 g/mol. The lowest BCUT2D eigenvalue weighted by Crippen LogP contribution is -2.12. The molecule has 0 atom stereocenters. The Labute approximate surface area is 109 Å². The Kier molecular flexibility index (Phi) is 3.55. The lowest BCUT2D eigenvalue weighted by molar-refractivity contribution is -0.137. The van der Waals surface area contributed by atoms with Gasteiger partial charge in [-0.3, -0.25) is 5.10 Å². The predicted octanol–water partition coefficient (Wildman–Crippen LogP) is 3.20. The van der Waals surface area contributed by atoms with E-state index in [0.29, 0.717) is 5.69 Å². The van der Waals surface area contributed by atoms with Gasteiger partial charge in [-0.25, -0.2) is 4.98 Å². The fourth-order valence-electron chi connectivity index (χ4n) is 1.36. The topological polar surface area (TPSA) is 53.6 Å². The highest BCUT2D eigenvalue weighted by Crippen LogP contribution is 2.35. The summed E-state index contributed by atoms with van der Waals surface area (Å²) in [4.78, 5) is 3.73. The minimum absolute atomic E-state index is 0.192. The van der Waals surface area contributed by atoms with Crippen LogP contribution in [-0.4, -0.2) is 15.2 Å². The second-order valence-corrected chi connectivity index (χ2v) is 4.40. The Morgan fingerprint density at radius 1 is 1.39 bits per heavy atom. The molecule has 0 aromatic carbocycles. The molecule has 0 aliphatic heterocycles. The third-order valence-corrected chi connectivity index (χ3v) is 2.60. The van der Waals surface area contributed by atoms with Gasteiger partial charge in [-0.05, 0) is 28.1 Å². The number of hydrogen-bond acceptors (Lipinski definition) is 3. The van der Waals surface area contributed by atoms with Gasteiger partial charge in [0, 0.05) is 16.9 Å². The van der Waals surface area contributed by atoms with Gasteiger partial charge in [-0.1, -0.05) is 0 Å². The van der Waals surface area contributed by atoms with Crippen LogP contribution in [0.3, 0.4) is 0 Å². The van der Waals surface area contributed by atoms with Gasteiger partial charge in [0.1, 0.15) is 5.82 Å². The first kappa shape index (κ1) is 12.9. The highest BCUT2D eigenvalue weighted by atomic mass is 79.9. The zero-order valence-corrected chi connectivity index (χ0v) is 10.5. The molecule has 8 heteroatoms. The van der Waals surface area contributed by atoms with Crippen LogP contribution in [-0.2, 0) is 12.7 Å². The summed E-state index contributed by atoms with van der Waals surface area (Å²) >= 11 is 2.97. The van der Waals surface area contributed by atoms with Crippen LogP contribution in [0, 0.1) is 0 Å². The summed E-state index contributed by atoms with van der Waals surface area (Å²) in [6.07, 6.45) is -1.62. The Hall–Kier alpha value is -1.57. The molecule has 4 nitrogen and oxygen atoms in total. The first-order valence-electron chi connectivity index (χ1n) is 4.91. The minimum atomic E-state index is -4.45. The quantitative estimate of drug-likeness (QED) is 0.913. The smallest absolute Gasteiger partial charge is 0.364 e. The minimum Gasteiger partial charge on any atom is -0.364 e. The number of anilines is 1. The van der Waals surface area contributed by atoms with Crippen molar-refractivity contribution in [3.8, 4) is 0 Å². The molecule has 0 bridgehead atoms. The number of nitrogens with one attached hydrogen (secondary N) is 2. The van der Waals surface area contributed by atoms with Gasteiger partial charge in [-0.15, -0.1) is 0 Å². The summed E-state index contributed by atoms with van der Waals surface area (Å²) in [5, 5.41) is 8.98. The summed E-state index contributed by atoms with van der Waals surface area (Å²) < 4.78 is 38.6. The Bertz CT molecular complexity index is 524. The van der Waals surface area contributed by atoms with Crippen LogP contribution in [0.1, 0.15) is 11.3 Å². The van der Waals surface area contributed by atoms with Gasteiger partial charge in [0.15, 0.2) is 0 Å². The first-order chi connectivity index (χ1) is 8.47. The second-order valence-electron chi connectivity index (χ2n) is 3.48. The van der Waals surface area contributed by atoms with Crippen LogP contribution in [0.15, 0.2) is 29.0 Å². The average molecular weight is 321 g/mol. The van der Waals surface area contributed by atoms with Gasteiger partial charge in [-0.2, -0.15) is 18.3 Å². The van der Waals surface area contributed by atoms with Gasteiger partial charge >= 0.3 is 6.18 Å². The van der Waals surface area contributed by atoms with E-state index in [-0.39, 0.29) is 16.8 Å². The molecule has 2 rings (SSSR count). The Morgan fingerprint density at radius 3 is 2.78 bits per heavy atom. The summed E-state index contributed by atoms with van der Waals surface area (Å²) in [6, 6.07) is 2.65. The van der Waals surface area contributed by atoms with E-state index in [1.807, 2.05) is 0 Å². The summed E-state index contributed by atoms with van der Waals surface area (Å²) in [7, 11) is 0. The van der Waals surface area contributed by atoms with Crippen LogP contribution in [0.25, 0.3) is 0 Å². The van der Waals surface area contributed by atoms with E-state index in [4.69, 9.17) is 0 Å². The zero-order chi connectivity index (χ0) is 13.2. The lowest BCUT2D eigenvalue weighted by atomic mass is 10.2. The number of halogens is 4. The lowest BCUT2D eigenvalue weighted by Gasteiger charge is -2.13. The third kappa shape index (κ3) is 3.00. The summed E-state index contributed by atoms with van der Waals surface area (Å²) in [5.74, 6) is -0.208. The average Bonchev–Trinajstić information content (AvgIpc) is 2.79. The van der Waals surface area contributed by atoms with E-state index >= 15 is 0 Å². The van der Waals surface area contributed by atoms with E-state index in [1.165, 1.54) is 12.4 Å². The predicted molar refractivity (Wildman–Crippen MR) is 62.9 cm³/mol. The van der Waals surface area contributed by atoms with Gasteiger partial charge in [0.05, 0.1) is 17.8 Å². The zero-order valence-electron chi connectivity index (χ0n) is 8.92. The SMILES string of the molecule is FC(F)(F)c1cc(Br)cnc1NCc1ccn[nH]1. The van der Waals surface area contributed by atoms with Crippen molar-refractivity contribution < 1.29 is 13.2 Å². The van der Waals surface area contributed by atoms with E-state index < -0.39 is 11.7 Å². The fourth-order valence-corrected chi connectivity index (χ4v) is 1.69. The Balaban J connectivity index is 2.22. The molecule has 0 fully saturated rings. The first-order valence-corrected chi connectivity index (χ1v) is 5.71. The molecule has 2 aromatic heterocycles. The van der Waals surface area contributed by atoms with Gasteiger partial charge < -0.3 is 5.32 Å². The van der Waals surface area contributed by atoms with Gasteiger partial charge in [0.25, 0.3) is 0 Å². The molecule has 96 valence electrons. The third-order valence-electron chi connectivity index (χ3n) is 2.16. The van der Waals surface area contributed by atoms with Crippen molar-refractivity contribution in [2.75, 3.05) is 5.32 Å². The van der Waals surface area contributed by atoms with Crippen molar-refractivity contribution >= 4 is 21.7 Å². The van der Waals surface area contributed by atoms with Crippen molar-refractivity contribution in [2.24, 2.45) is 0 Å². The van der Waals surface area contributed by atoms with E-state index in [0.717, 1.165) is 6.07 Å². The van der Waals surface area contributed by atoms with Crippen molar-refractivity contribution in [3.63, 3.8) is 0 Å². The number of alkyl halides is 3. The fraction of sp³-hybridized carbons (Fsp3) is 0.200. The molecular formula is C10H8BrF3N4. The van der Waals surface area contributed by atoms with E-state index in [1.54, 1.807) is 6.07 Å². The standard InChI is InChI=1S/C10H8BrF3N4/c11-6-3-8(10(12,13)14)9(15-4-6)16-5-7-1-2-17-18-7/h1-4H,5H2,(H,15,16)(H,17,18). The number of hydrogen-bond donors (Lipinski definition) is 2. The number of aromatic amines is 1. The molecule has 0 aliphatic rings. The highest BCUT2D eigenvalue weighted by molar-refractivity contribution is 9.10. The van der Waals surface area contributed by atoms with Crippen LogP contribution in [0.2, 0.25) is 0 Å². The van der Waals surface area contributed by atoms with Crippen LogP contribution in [0.5, 0.6) is 0 Å². The number of rotatable bonds is 3. The maximum absolute atomic E-state index is 12.8. The number of pyridine rings is 1. The second kappa shape index (κ2) is 4.97. The molecule has 0 radical (unpaired) electrons. The van der Waals surface area contributed by atoms with Gasteiger partial charge in [0.2, 0.25) is 0 Å². The largest absolute Gasteiger partial charge is 0.419 e. The maximum atomic E-state index is 12.8. The van der Waals surface area contributed by atoms with Crippen LogP contribution < -0.4 is 5.32 Å². The molecule has 0 unspecified atom stereocenters. The Morgan fingerprint density at radius 2 is 2.17 bits per heavy atom. The molecule has 2 heterocycles. The molecule has 0 saturated heterocycles. The maximum Gasteiger partial charge on any atom is 0.419 e. The molecule has 2 N–H and O–H groups in total. The summed E-state index contributed by atoms with van der Waals surface area (Å²) in [5.41, 5.74) is -0.135. The normalized spacial score (nSPS) is 11.6. The molecule has 0 saturated carbocycles. The van der Waals surface area contributed by atoms with Crippen LogP contribution >= 0.6 is 15.9 Å². The molecule has 2 aromatic rings. The number of nitrogens with zero attached hydrogens (tertiary/aromatic N) is 2. The highest BCUT2D eigenvalue weighted by Gasteiger charge is 2.34. The molecule has 18 heavy (non-hydrogen) atoms. The number of H-pyrrole nitrogens is 1. The molecular weight excluding hydrogens is 313 g/mol. The molecule has 0 aliphatic carbocycles. The van der Waals surface area contributed by atoms with E-state index in [9.17, 15) is 13.2 Å². The molecule has 0 spiro atoms. The van der Waals surface area contributed by atoms with Crippen molar-refractivity contribution in [1.29, 1.82) is 0 Å². The van der Waals surface area contributed by atoms with Crippen molar-refractivity contribution in [1.82, 2.24) is 15.2 Å². The van der Waals surface area contributed by atoms with Crippen molar-refractivity contribution in [2.45, 2.75) is 12.7 Å². The molecule has 0 amide bonds. The summed E-state index contributed by atoms with van der Waals surface area (Å²) in [6.45, 7) is 0.192. The van der Waals surface area contributed by atoms with Crippen molar-refractivity contribution in [3.05, 3.63) is 40.3 Å². The van der Waals surface area contributed by atoms with E-state index in [2.05, 4.69) is 36.4 Å².